The van der Waals surface area contributed by atoms with Crippen LogP contribution in [-0.2, 0) is 11.3 Å². The van der Waals surface area contributed by atoms with Crippen molar-refractivity contribution in [1.82, 2.24) is 0 Å². The minimum atomic E-state index is -2.79. The summed E-state index contributed by atoms with van der Waals surface area (Å²) in [7, 11) is 0. The monoisotopic (exact) mass is 382 g/mol. The molecule has 0 fully saturated rings. The van der Waals surface area contributed by atoms with E-state index in [0.717, 1.165) is 24.2 Å². The third kappa shape index (κ3) is 5.50. The number of ether oxygens (including phenoxy) is 3. The minimum absolute atomic E-state index is 0.132. The third-order valence-corrected chi connectivity index (χ3v) is 4.98. The second kappa shape index (κ2) is 7.62. The smallest absolute Gasteiger partial charge is 0.377 e. The van der Waals surface area contributed by atoms with Gasteiger partial charge in [0.15, 0.2) is 0 Å². The molecule has 124 valence electrons. The molecule has 0 bridgehead atoms. The van der Waals surface area contributed by atoms with E-state index in [1.165, 1.54) is 12.8 Å². The van der Waals surface area contributed by atoms with Gasteiger partial charge in [-0.05, 0) is 24.6 Å². The van der Waals surface area contributed by atoms with Gasteiger partial charge in [-0.3, -0.25) is 0 Å². The number of unbranched alkanes of at least 4 members (excludes halogenated alkanes) is 2. The van der Waals surface area contributed by atoms with Crippen LogP contribution in [0.2, 0.25) is 0 Å². The maximum atomic E-state index is 6.02. The van der Waals surface area contributed by atoms with Crippen molar-refractivity contribution in [1.29, 1.82) is 0 Å². The predicted molar refractivity (Wildman–Crippen MR) is 93.2 cm³/mol. The van der Waals surface area contributed by atoms with Gasteiger partial charge in [0.1, 0.15) is 17.7 Å². The van der Waals surface area contributed by atoms with E-state index in [1.807, 2.05) is 25.1 Å². The van der Waals surface area contributed by atoms with Crippen LogP contribution in [0.1, 0.15) is 45.1 Å². The van der Waals surface area contributed by atoms with E-state index in [2.05, 4.69) is 6.92 Å². The van der Waals surface area contributed by atoms with Crippen molar-refractivity contribution in [3.8, 4) is 11.5 Å². The molecule has 0 saturated carbocycles. The molecule has 0 spiro atoms. The Balaban J connectivity index is 1.99. The van der Waals surface area contributed by atoms with Gasteiger partial charge < -0.3 is 14.2 Å². The molecule has 2 rings (SSSR count). The maximum Gasteiger partial charge on any atom is 0.377 e. The van der Waals surface area contributed by atoms with Crippen molar-refractivity contribution in [2.24, 2.45) is 0 Å². The van der Waals surface area contributed by atoms with E-state index in [-0.39, 0.29) is 6.23 Å². The second-order valence-electron chi connectivity index (χ2n) is 5.66. The lowest BCUT2D eigenvalue weighted by Gasteiger charge is -2.36. The lowest BCUT2D eigenvalue weighted by molar-refractivity contribution is -0.198. The summed E-state index contributed by atoms with van der Waals surface area (Å²) in [5, 5.41) is 0. The predicted octanol–water partition coefficient (Wildman–Crippen LogP) is 5.47. The molecule has 0 radical (unpaired) electrons. The number of halogens is 3. The molecule has 1 aromatic rings. The molecule has 1 atom stereocenters. The van der Waals surface area contributed by atoms with E-state index in [0.29, 0.717) is 12.4 Å². The summed E-state index contributed by atoms with van der Waals surface area (Å²) < 4.78 is 17.4. The quantitative estimate of drug-likeness (QED) is 0.355. The van der Waals surface area contributed by atoms with Crippen LogP contribution in [0.25, 0.3) is 0 Å². The molecular formula is C15H21Cl3O3Si. The molecule has 0 amide bonds. The topological polar surface area (TPSA) is 27.7 Å². The van der Waals surface area contributed by atoms with Crippen LogP contribution in [0.3, 0.4) is 0 Å². The molecule has 1 aromatic carbocycles. The summed E-state index contributed by atoms with van der Waals surface area (Å²) in [6, 6.07) is 2.82. The lowest BCUT2D eigenvalue weighted by Crippen LogP contribution is -2.38. The van der Waals surface area contributed by atoms with Crippen molar-refractivity contribution in [3.05, 3.63) is 23.8 Å². The zero-order valence-corrected chi connectivity index (χ0v) is 16.1. The first-order valence-corrected chi connectivity index (χ1v) is 12.7. The first-order chi connectivity index (χ1) is 10.3. The Kier molecular flexibility index (Phi) is 6.31. The van der Waals surface area contributed by atoms with Crippen LogP contribution in [0.15, 0.2) is 18.2 Å². The Morgan fingerprint density at radius 3 is 2.73 bits per heavy atom. The minimum Gasteiger partial charge on any atom is -0.493 e. The van der Waals surface area contributed by atoms with E-state index >= 15 is 0 Å². The molecule has 1 heterocycles. The van der Waals surface area contributed by atoms with Crippen LogP contribution in [-0.4, -0.2) is 18.0 Å². The molecular weight excluding hydrogens is 363 g/mol. The highest BCUT2D eigenvalue weighted by atomic mass is 35.8. The lowest BCUT2D eigenvalue weighted by atomic mass is 10.1. The largest absolute Gasteiger partial charge is 0.493 e. The molecule has 0 aliphatic carbocycles. The van der Waals surface area contributed by atoms with Gasteiger partial charge in [-0.15, -0.1) is 33.2 Å². The average Bonchev–Trinajstić information content (AvgIpc) is 2.44. The molecule has 7 heteroatoms. The van der Waals surface area contributed by atoms with Gasteiger partial charge in [0, 0.05) is 18.9 Å². The fraction of sp³-hybridized carbons (Fsp3) is 0.600. The standard InChI is InChI=1S/C15H21Cl3O3Si/c1-3-4-5-8-15(2)20-10-12-9-13(6-7-14(12)21-15)19-11-22(16,17)18/h6-7,9H,3-5,8,10-11H2,1-2H3. The van der Waals surface area contributed by atoms with Gasteiger partial charge in [0.05, 0.1) is 6.61 Å². The number of fused-ring (bicyclic) bond motifs is 1. The Hall–Kier alpha value is -0.133. The van der Waals surface area contributed by atoms with E-state index in [1.54, 1.807) is 0 Å². The van der Waals surface area contributed by atoms with Crippen molar-refractivity contribution in [2.45, 2.75) is 51.9 Å². The van der Waals surface area contributed by atoms with E-state index < -0.39 is 11.8 Å². The molecule has 0 N–H and O–H groups in total. The van der Waals surface area contributed by atoms with Crippen molar-refractivity contribution >= 4 is 39.2 Å². The van der Waals surface area contributed by atoms with Crippen molar-refractivity contribution < 1.29 is 14.2 Å². The van der Waals surface area contributed by atoms with Gasteiger partial charge in [-0.2, -0.15) is 0 Å². The van der Waals surface area contributed by atoms with Crippen molar-refractivity contribution in [2.75, 3.05) is 6.23 Å². The molecule has 1 aliphatic rings. The molecule has 1 unspecified atom stereocenters. The second-order valence-corrected chi connectivity index (χ2v) is 14.7. The molecule has 1 aliphatic heterocycles. The highest BCUT2D eigenvalue weighted by Gasteiger charge is 2.32. The Bertz CT molecular complexity index is 507. The fourth-order valence-corrected chi connectivity index (χ4v) is 3.16. The fourth-order valence-electron chi connectivity index (χ4n) is 2.33. The Labute approximate surface area is 146 Å². The highest BCUT2D eigenvalue weighted by Crippen LogP contribution is 2.36. The molecule has 3 nitrogen and oxygen atoms in total. The van der Waals surface area contributed by atoms with Gasteiger partial charge in [0.2, 0.25) is 5.79 Å². The molecule has 0 saturated heterocycles. The number of hydrogen-bond donors (Lipinski definition) is 0. The molecule has 0 aromatic heterocycles. The van der Waals surface area contributed by atoms with Gasteiger partial charge in [0.25, 0.3) is 0 Å². The van der Waals surface area contributed by atoms with Gasteiger partial charge in [-0.1, -0.05) is 19.8 Å². The Morgan fingerprint density at radius 1 is 1.27 bits per heavy atom. The normalized spacial score (nSPS) is 21.1. The van der Waals surface area contributed by atoms with Crippen molar-refractivity contribution in [3.63, 3.8) is 0 Å². The summed E-state index contributed by atoms with van der Waals surface area (Å²) in [5.74, 6) is 0.956. The van der Waals surface area contributed by atoms with Crippen LogP contribution in [0.4, 0.5) is 0 Å². The SMILES string of the molecule is CCCCCC1(C)OCc2cc(OC[Si](Cl)(Cl)Cl)ccc2O1. The highest BCUT2D eigenvalue weighted by molar-refractivity contribution is 7.64. The first-order valence-electron chi connectivity index (χ1n) is 7.47. The maximum absolute atomic E-state index is 6.02. The summed E-state index contributed by atoms with van der Waals surface area (Å²) in [6.07, 6.45) is 4.48. The number of benzene rings is 1. The Morgan fingerprint density at radius 2 is 2.05 bits per heavy atom. The molecule has 22 heavy (non-hydrogen) atoms. The van der Waals surface area contributed by atoms with Crippen LogP contribution in [0.5, 0.6) is 11.5 Å². The van der Waals surface area contributed by atoms with E-state index in [9.17, 15) is 0 Å². The first kappa shape index (κ1) is 18.2. The van der Waals surface area contributed by atoms with Crippen LogP contribution in [0, 0.1) is 0 Å². The van der Waals surface area contributed by atoms with Crippen LogP contribution >= 0.6 is 33.2 Å². The summed E-state index contributed by atoms with van der Waals surface area (Å²) in [6.45, 7) is 4.67. The van der Waals surface area contributed by atoms with Crippen LogP contribution < -0.4 is 9.47 Å². The van der Waals surface area contributed by atoms with Gasteiger partial charge >= 0.3 is 6.00 Å². The average molecular weight is 384 g/mol. The number of hydrogen-bond acceptors (Lipinski definition) is 3. The zero-order valence-electron chi connectivity index (χ0n) is 12.8. The zero-order chi connectivity index (χ0) is 16.2. The third-order valence-electron chi connectivity index (χ3n) is 3.53. The summed E-state index contributed by atoms with van der Waals surface area (Å²) >= 11 is 17.5. The summed E-state index contributed by atoms with van der Waals surface area (Å²) in [5.41, 5.74) is 0.955. The van der Waals surface area contributed by atoms with E-state index in [4.69, 9.17) is 47.4 Å². The summed E-state index contributed by atoms with van der Waals surface area (Å²) in [4.78, 5) is 0. The number of rotatable bonds is 7. The van der Waals surface area contributed by atoms with Gasteiger partial charge in [-0.25, -0.2) is 0 Å².